The van der Waals surface area contributed by atoms with Crippen LogP contribution in [0.15, 0.2) is 57.8 Å². The highest BCUT2D eigenvalue weighted by molar-refractivity contribution is 5.94. The van der Waals surface area contributed by atoms with Gasteiger partial charge in [-0.3, -0.25) is 13.9 Å². The van der Waals surface area contributed by atoms with E-state index < -0.39 is 23.1 Å². The lowest BCUT2D eigenvalue weighted by molar-refractivity contribution is -0.138. The number of rotatable bonds is 4. The number of benzene rings is 1. The van der Waals surface area contributed by atoms with Crippen LogP contribution in [0.5, 0.6) is 0 Å². The Hall–Kier alpha value is -3.35. The number of allylic oxidation sites excluding steroid dienone is 1. The standard InChI is InChI=1S/C21H23N3O4/c1-6-11-28-20(26)15-13(3)22-18-17(19(25)24(5)21(27)23(18)4)16(15)14-9-7-12(2)8-10-14/h6-10,16,22H,1,11H2,2-5H3/t16-/m0/s1. The third-order valence-corrected chi connectivity index (χ3v) is 4.95. The van der Waals surface area contributed by atoms with Gasteiger partial charge in [-0.25, -0.2) is 9.59 Å². The van der Waals surface area contributed by atoms with E-state index in [-0.39, 0.29) is 6.61 Å². The van der Waals surface area contributed by atoms with Crippen molar-refractivity contribution in [3.05, 3.63) is 85.7 Å². The molecular formula is C21H23N3O4. The molecule has 1 aromatic carbocycles. The predicted octanol–water partition coefficient (Wildman–Crippen LogP) is 1.95. The van der Waals surface area contributed by atoms with Crippen molar-refractivity contribution < 1.29 is 9.53 Å². The Morgan fingerprint density at radius 2 is 1.82 bits per heavy atom. The topological polar surface area (TPSA) is 82.3 Å². The summed E-state index contributed by atoms with van der Waals surface area (Å²) < 4.78 is 7.72. The minimum atomic E-state index is -0.653. The van der Waals surface area contributed by atoms with E-state index in [1.807, 2.05) is 31.2 Å². The molecule has 0 saturated heterocycles. The maximum Gasteiger partial charge on any atom is 0.337 e. The molecule has 1 N–H and O–H groups in total. The second-order valence-corrected chi connectivity index (χ2v) is 6.86. The van der Waals surface area contributed by atoms with Crippen molar-refractivity contribution in [1.29, 1.82) is 0 Å². The van der Waals surface area contributed by atoms with E-state index >= 15 is 0 Å². The van der Waals surface area contributed by atoms with Gasteiger partial charge in [0, 0.05) is 19.8 Å². The van der Waals surface area contributed by atoms with Gasteiger partial charge in [-0.15, -0.1) is 0 Å². The van der Waals surface area contributed by atoms with Crippen molar-refractivity contribution in [3.63, 3.8) is 0 Å². The molecule has 0 radical (unpaired) electrons. The van der Waals surface area contributed by atoms with Crippen LogP contribution >= 0.6 is 0 Å². The molecule has 2 aromatic rings. The van der Waals surface area contributed by atoms with Gasteiger partial charge in [0.05, 0.1) is 17.1 Å². The minimum Gasteiger partial charge on any atom is -0.458 e. The Balaban J connectivity index is 2.33. The van der Waals surface area contributed by atoms with Gasteiger partial charge in [0.2, 0.25) is 0 Å². The Morgan fingerprint density at radius 1 is 1.18 bits per heavy atom. The molecule has 1 aliphatic rings. The van der Waals surface area contributed by atoms with E-state index in [0.29, 0.717) is 22.7 Å². The van der Waals surface area contributed by atoms with E-state index in [2.05, 4.69) is 11.9 Å². The summed E-state index contributed by atoms with van der Waals surface area (Å²) in [6.07, 6.45) is 1.49. The molecule has 0 spiro atoms. The SMILES string of the molecule is C=CCOC(=O)C1=C(C)Nc2c(c(=O)n(C)c(=O)n2C)[C@H]1c1ccc(C)cc1. The lowest BCUT2D eigenvalue weighted by Crippen LogP contribution is -2.43. The van der Waals surface area contributed by atoms with Gasteiger partial charge < -0.3 is 10.1 Å². The maximum atomic E-state index is 13.0. The van der Waals surface area contributed by atoms with Crippen LogP contribution in [-0.2, 0) is 23.6 Å². The number of fused-ring (bicyclic) bond motifs is 1. The Kier molecular flexibility index (Phi) is 5.09. The summed E-state index contributed by atoms with van der Waals surface area (Å²) in [5.41, 5.74) is 2.16. The second-order valence-electron chi connectivity index (χ2n) is 6.86. The molecule has 7 nitrogen and oxygen atoms in total. The fourth-order valence-electron chi connectivity index (χ4n) is 3.46. The number of anilines is 1. The molecule has 0 unspecified atom stereocenters. The van der Waals surface area contributed by atoms with Crippen molar-refractivity contribution in [2.75, 3.05) is 11.9 Å². The number of ether oxygens (including phenoxy) is 1. The molecule has 0 bridgehead atoms. The van der Waals surface area contributed by atoms with Crippen LogP contribution in [0.1, 0.15) is 29.5 Å². The number of carbonyl (C=O) groups is 1. The third kappa shape index (κ3) is 3.09. The van der Waals surface area contributed by atoms with E-state index in [4.69, 9.17) is 4.74 Å². The molecule has 2 heterocycles. The van der Waals surface area contributed by atoms with Crippen molar-refractivity contribution >= 4 is 11.8 Å². The maximum absolute atomic E-state index is 13.0. The smallest absolute Gasteiger partial charge is 0.337 e. The fraction of sp³-hybridized carbons (Fsp3) is 0.286. The average molecular weight is 381 g/mol. The van der Waals surface area contributed by atoms with Crippen molar-refractivity contribution in [2.45, 2.75) is 19.8 Å². The summed E-state index contributed by atoms with van der Waals surface area (Å²) >= 11 is 0. The number of nitrogens with zero attached hydrogens (tertiary/aromatic N) is 2. The molecule has 1 aromatic heterocycles. The van der Waals surface area contributed by atoms with Crippen molar-refractivity contribution in [2.24, 2.45) is 14.1 Å². The first-order chi connectivity index (χ1) is 13.3. The average Bonchev–Trinajstić information content (AvgIpc) is 2.68. The molecule has 146 valence electrons. The summed E-state index contributed by atoms with van der Waals surface area (Å²) in [6.45, 7) is 7.32. The van der Waals surface area contributed by atoms with Gasteiger partial charge in [0.1, 0.15) is 12.4 Å². The number of nitrogens with one attached hydrogen (secondary N) is 1. The largest absolute Gasteiger partial charge is 0.458 e. The van der Waals surface area contributed by atoms with Gasteiger partial charge in [0.15, 0.2) is 0 Å². The zero-order valence-electron chi connectivity index (χ0n) is 16.4. The highest BCUT2D eigenvalue weighted by Crippen LogP contribution is 2.39. The first-order valence-corrected chi connectivity index (χ1v) is 8.90. The van der Waals surface area contributed by atoms with Crippen LogP contribution in [-0.4, -0.2) is 21.7 Å². The van der Waals surface area contributed by atoms with Crippen LogP contribution in [0.3, 0.4) is 0 Å². The molecule has 7 heteroatoms. The van der Waals surface area contributed by atoms with Gasteiger partial charge in [-0.2, -0.15) is 0 Å². The summed E-state index contributed by atoms with van der Waals surface area (Å²) in [5, 5.41) is 3.06. The predicted molar refractivity (Wildman–Crippen MR) is 107 cm³/mol. The summed E-state index contributed by atoms with van der Waals surface area (Å²) in [6, 6.07) is 7.61. The Labute approximate surface area is 162 Å². The lowest BCUT2D eigenvalue weighted by Gasteiger charge is -2.30. The molecule has 0 amide bonds. The normalized spacial score (nSPS) is 15.6. The van der Waals surface area contributed by atoms with E-state index in [0.717, 1.165) is 15.7 Å². The highest BCUT2D eigenvalue weighted by Gasteiger charge is 2.37. The van der Waals surface area contributed by atoms with Gasteiger partial charge in [-0.1, -0.05) is 42.5 Å². The van der Waals surface area contributed by atoms with Crippen LogP contribution in [0, 0.1) is 6.92 Å². The molecule has 28 heavy (non-hydrogen) atoms. The van der Waals surface area contributed by atoms with Crippen LogP contribution < -0.4 is 16.6 Å². The second kappa shape index (κ2) is 7.34. The first-order valence-electron chi connectivity index (χ1n) is 8.90. The van der Waals surface area contributed by atoms with Gasteiger partial charge >= 0.3 is 11.7 Å². The zero-order chi connectivity index (χ0) is 20.6. The van der Waals surface area contributed by atoms with Crippen LogP contribution in [0.4, 0.5) is 5.82 Å². The van der Waals surface area contributed by atoms with Crippen molar-refractivity contribution in [1.82, 2.24) is 9.13 Å². The molecule has 0 aliphatic carbocycles. The van der Waals surface area contributed by atoms with Gasteiger partial charge in [-0.05, 0) is 19.4 Å². The Bertz CT molecular complexity index is 1100. The van der Waals surface area contributed by atoms with E-state index in [9.17, 15) is 14.4 Å². The summed E-state index contributed by atoms with van der Waals surface area (Å²) in [7, 11) is 3.02. The molecule has 0 saturated carbocycles. The molecule has 1 aliphatic heterocycles. The third-order valence-electron chi connectivity index (χ3n) is 4.95. The number of esters is 1. The quantitative estimate of drug-likeness (QED) is 0.647. The zero-order valence-corrected chi connectivity index (χ0v) is 16.4. The number of aryl methyl sites for hydroxylation is 1. The van der Waals surface area contributed by atoms with Crippen LogP contribution in [0.25, 0.3) is 0 Å². The molecular weight excluding hydrogens is 358 g/mol. The monoisotopic (exact) mass is 381 g/mol. The van der Waals surface area contributed by atoms with Crippen LogP contribution in [0.2, 0.25) is 0 Å². The van der Waals surface area contributed by atoms with Crippen molar-refractivity contribution in [3.8, 4) is 0 Å². The summed E-state index contributed by atoms with van der Waals surface area (Å²) in [4.78, 5) is 38.3. The van der Waals surface area contributed by atoms with E-state index in [1.54, 1.807) is 14.0 Å². The molecule has 3 rings (SSSR count). The Morgan fingerprint density at radius 3 is 2.43 bits per heavy atom. The molecule has 0 fully saturated rings. The minimum absolute atomic E-state index is 0.0639. The first kappa shape index (κ1) is 19.4. The number of carbonyl (C=O) groups excluding carboxylic acids is 1. The van der Waals surface area contributed by atoms with E-state index in [1.165, 1.54) is 17.7 Å². The molecule has 1 atom stereocenters. The fourth-order valence-corrected chi connectivity index (χ4v) is 3.46. The lowest BCUT2D eigenvalue weighted by atomic mass is 9.82. The number of hydrogen-bond donors (Lipinski definition) is 1. The number of hydrogen-bond acceptors (Lipinski definition) is 5. The summed E-state index contributed by atoms with van der Waals surface area (Å²) in [5.74, 6) is -0.798. The number of aromatic nitrogens is 2. The highest BCUT2D eigenvalue weighted by atomic mass is 16.5. The van der Waals surface area contributed by atoms with Gasteiger partial charge in [0.25, 0.3) is 5.56 Å².